The maximum absolute atomic E-state index is 10.7. The molecule has 0 bridgehead atoms. The molecule has 0 unspecified atom stereocenters. The van der Waals surface area contributed by atoms with E-state index < -0.39 is 0 Å². The van der Waals surface area contributed by atoms with E-state index in [0.717, 1.165) is 13.1 Å². The summed E-state index contributed by atoms with van der Waals surface area (Å²) in [6.45, 7) is 3.36. The second-order valence-electron chi connectivity index (χ2n) is 2.43. The molecule has 0 saturated carbocycles. The van der Waals surface area contributed by atoms with Crippen molar-refractivity contribution in [1.29, 1.82) is 0 Å². The molecule has 0 aromatic heterocycles. The molecule has 0 fully saturated rings. The third kappa shape index (κ3) is 2.46. The predicted octanol–water partition coefficient (Wildman–Crippen LogP) is 0.798. The zero-order valence-corrected chi connectivity index (χ0v) is 6.63. The predicted molar refractivity (Wildman–Crippen MR) is 43.8 cm³/mol. The molecule has 11 heavy (non-hydrogen) atoms. The lowest BCUT2D eigenvalue weighted by atomic mass is 10.2. The number of carbonyl (C=O) groups excluding carboxylic acids is 1. The smallest absolute Gasteiger partial charge is 0.158 e. The van der Waals surface area contributed by atoms with Gasteiger partial charge in [-0.2, -0.15) is 0 Å². The van der Waals surface area contributed by atoms with Crippen molar-refractivity contribution in [2.75, 3.05) is 13.1 Å². The van der Waals surface area contributed by atoms with Crippen LogP contribution in [0.5, 0.6) is 0 Å². The first kappa shape index (κ1) is 7.87. The molecule has 0 aromatic rings. The zero-order valence-electron chi connectivity index (χ0n) is 6.63. The molecule has 0 N–H and O–H groups in total. The third-order valence-electron chi connectivity index (χ3n) is 1.58. The summed E-state index contributed by atoms with van der Waals surface area (Å²) in [5.41, 5.74) is 0. The van der Waals surface area contributed by atoms with Crippen molar-refractivity contribution in [3.63, 3.8) is 0 Å². The van der Waals surface area contributed by atoms with Gasteiger partial charge < -0.3 is 4.90 Å². The van der Waals surface area contributed by atoms with Crippen LogP contribution in [0.1, 0.15) is 13.3 Å². The largest absolute Gasteiger partial charge is 0.366 e. The lowest BCUT2D eigenvalue weighted by molar-refractivity contribution is -0.115. The Morgan fingerprint density at radius 2 is 2.55 bits per heavy atom. The minimum Gasteiger partial charge on any atom is -0.366 e. The van der Waals surface area contributed by atoms with Crippen molar-refractivity contribution in [3.05, 3.63) is 12.3 Å². The van der Waals surface area contributed by atoms with Gasteiger partial charge in [0.05, 0.1) is 6.54 Å². The van der Waals surface area contributed by atoms with Gasteiger partial charge in [-0.15, -0.1) is 5.92 Å². The third-order valence-corrected chi connectivity index (χ3v) is 1.58. The van der Waals surface area contributed by atoms with Crippen LogP contribution in [0, 0.1) is 11.8 Å². The minimum absolute atomic E-state index is 0.214. The highest BCUT2D eigenvalue weighted by Crippen LogP contribution is 2.00. The van der Waals surface area contributed by atoms with Crippen LogP contribution in [-0.2, 0) is 4.79 Å². The summed E-state index contributed by atoms with van der Waals surface area (Å²) < 4.78 is 0. The maximum atomic E-state index is 10.7. The number of ketones is 1. The number of hydrogen-bond acceptors (Lipinski definition) is 2. The highest BCUT2D eigenvalue weighted by molar-refractivity contribution is 5.90. The van der Waals surface area contributed by atoms with Gasteiger partial charge in [0.2, 0.25) is 0 Å². The lowest BCUT2D eigenvalue weighted by Crippen LogP contribution is -2.24. The molecule has 2 heteroatoms. The van der Waals surface area contributed by atoms with Gasteiger partial charge in [-0.1, -0.05) is 5.92 Å². The molecule has 0 amide bonds. The highest BCUT2D eigenvalue weighted by atomic mass is 16.1. The molecule has 1 heterocycles. The Labute approximate surface area is 66.9 Å². The fraction of sp³-hybridized carbons (Fsp3) is 0.444. The molecule has 0 aromatic carbocycles. The van der Waals surface area contributed by atoms with Crippen LogP contribution in [0.3, 0.4) is 0 Å². The van der Waals surface area contributed by atoms with Crippen LogP contribution in [0.15, 0.2) is 12.3 Å². The summed E-state index contributed by atoms with van der Waals surface area (Å²) in [7, 11) is 0. The number of allylic oxidation sites excluding steroid dienone is 1. The minimum atomic E-state index is 0.214. The Bertz CT molecular complexity index is 232. The monoisotopic (exact) mass is 149 g/mol. The topological polar surface area (TPSA) is 20.3 Å². The molecule has 0 radical (unpaired) electrons. The fourth-order valence-corrected chi connectivity index (χ4v) is 0.913. The first-order chi connectivity index (χ1) is 5.33. The van der Waals surface area contributed by atoms with Gasteiger partial charge in [-0.05, 0) is 13.0 Å². The average Bonchev–Trinajstić information content (AvgIpc) is 2.04. The summed E-state index contributed by atoms with van der Waals surface area (Å²) in [5, 5.41) is 0. The van der Waals surface area contributed by atoms with Crippen molar-refractivity contribution < 1.29 is 4.79 Å². The molecular weight excluding hydrogens is 138 g/mol. The highest BCUT2D eigenvalue weighted by Gasteiger charge is 2.06. The van der Waals surface area contributed by atoms with Crippen LogP contribution < -0.4 is 0 Å². The Balaban J connectivity index is 2.42. The summed E-state index contributed by atoms with van der Waals surface area (Å²) >= 11 is 0. The van der Waals surface area contributed by atoms with E-state index in [1.807, 2.05) is 18.0 Å². The van der Waals surface area contributed by atoms with E-state index in [1.54, 1.807) is 6.08 Å². The molecular formula is C9H11NO. The van der Waals surface area contributed by atoms with Crippen molar-refractivity contribution in [2.24, 2.45) is 0 Å². The van der Waals surface area contributed by atoms with Crippen LogP contribution in [0.25, 0.3) is 0 Å². The SMILES string of the molecule is CC#CCN1C=CC(=O)CC1. The van der Waals surface area contributed by atoms with Crippen molar-refractivity contribution in [1.82, 2.24) is 4.90 Å². The average molecular weight is 149 g/mol. The molecule has 0 atom stereocenters. The van der Waals surface area contributed by atoms with Crippen LogP contribution in [0.2, 0.25) is 0 Å². The van der Waals surface area contributed by atoms with Gasteiger partial charge in [0, 0.05) is 19.2 Å². The quantitative estimate of drug-likeness (QED) is 0.514. The van der Waals surface area contributed by atoms with Gasteiger partial charge in [-0.25, -0.2) is 0 Å². The van der Waals surface area contributed by atoms with Crippen LogP contribution in [0.4, 0.5) is 0 Å². The van der Waals surface area contributed by atoms with Gasteiger partial charge in [-0.3, -0.25) is 4.79 Å². The molecule has 0 saturated heterocycles. The van der Waals surface area contributed by atoms with Crippen LogP contribution >= 0.6 is 0 Å². The molecule has 1 rings (SSSR count). The second-order valence-corrected chi connectivity index (χ2v) is 2.43. The summed E-state index contributed by atoms with van der Waals surface area (Å²) in [6.07, 6.45) is 4.05. The summed E-state index contributed by atoms with van der Waals surface area (Å²) in [6, 6.07) is 0. The van der Waals surface area contributed by atoms with E-state index in [0.29, 0.717) is 6.42 Å². The van der Waals surface area contributed by atoms with Crippen molar-refractivity contribution >= 4 is 5.78 Å². The van der Waals surface area contributed by atoms with E-state index in [1.165, 1.54) is 0 Å². The summed E-state index contributed by atoms with van der Waals surface area (Å²) in [4.78, 5) is 12.8. The Morgan fingerprint density at radius 3 is 3.09 bits per heavy atom. The normalized spacial score (nSPS) is 16.1. The first-order valence-electron chi connectivity index (χ1n) is 3.67. The van der Waals surface area contributed by atoms with Crippen molar-refractivity contribution in [2.45, 2.75) is 13.3 Å². The Morgan fingerprint density at radius 1 is 1.73 bits per heavy atom. The van der Waals surface area contributed by atoms with E-state index in [-0.39, 0.29) is 5.78 Å². The number of carbonyl (C=O) groups is 1. The standard InChI is InChI=1S/C9H11NO/c1-2-3-6-10-7-4-9(11)5-8-10/h4,7H,5-6,8H2,1H3. The number of rotatable bonds is 1. The van der Waals surface area contributed by atoms with Crippen LogP contribution in [-0.4, -0.2) is 23.8 Å². The second kappa shape index (κ2) is 3.82. The molecule has 0 spiro atoms. The Hall–Kier alpha value is -1.23. The summed E-state index contributed by atoms with van der Waals surface area (Å²) in [5.74, 6) is 5.98. The van der Waals surface area contributed by atoms with E-state index in [9.17, 15) is 4.79 Å². The zero-order chi connectivity index (χ0) is 8.10. The van der Waals surface area contributed by atoms with Gasteiger partial charge >= 0.3 is 0 Å². The molecule has 1 aliphatic heterocycles. The van der Waals surface area contributed by atoms with Crippen molar-refractivity contribution in [3.8, 4) is 11.8 Å². The number of hydrogen-bond donors (Lipinski definition) is 0. The van der Waals surface area contributed by atoms with E-state index in [4.69, 9.17) is 0 Å². The van der Waals surface area contributed by atoms with Gasteiger partial charge in [0.15, 0.2) is 5.78 Å². The van der Waals surface area contributed by atoms with E-state index in [2.05, 4.69) is 11.8 Å². The first-order valence-corrected chi connectivity index (χ1v) is 3.67. The lowest BCUT2D eigenvalue weighted by Gasteiger charge is -2.19. The molecule has 1 aliphatic rings. The Kier molecular flexibility index (Phi) is 2.74. The fourth-order valence-electron chi connectivity index (χ4n) is 0.913. The number of nitrogens with zero attached hydrogens (tertiary/aromatic N) is 1. The van der Waals surface area contributed by atoms with E-state index >= 15 is 0 Å². The molecule has 58 valence electrons. The van der Waals surface area contributed by atoms with Gasteiger partial charge in [0.25, 0.3) is 0 Å². The molecule has 2 nitrogen and oxygen atoms in total. The maximum Gasteiger partial charge on any atom is 0.158 e. The molecule has 0 aliphatic carbocycles. The van der Waals surface area contributed by atoms with Gasteiger partial charge in [0.1, 0.15) is 0 Å².